The van der Waals surface area contributed by atoms with E-state index in [1.807, 2.05) is 18.2 Å². The minimum atomic E-state index is -0.245. The van der Waals surface area contributed by atoms with Crippen LogP contribution in [0.2, 0.25) is 0 Å². The van der Waals surface area contributed by atoms with Crippen LogP contribution in [0.15, 0.2) is 45.6 Å². The molecule has 0 unspecified atom stereocenters. The Morgan fingerprint density at radius 1 is 0.919 bits per heavy atom. The number of nitrogens with zero attached hydrogens (tertiary/aromatic N) is 2. The van der Waals surface area contributed by atoms with E-state index in [-0.39, 0.29) is 11.0 Å². The van der Waals surface area contributed by atoms with E-state index >= 15 is 0 Å². The zero-order valence-electron chi connectivity index (χ0n) is 21.5. The van der Waals surface area contributed by atoms with Crippen molar-refractivity contribution in [2.45, 2.75) is 82.5 Å². The van der Waals surface area contributed by atoms with Gasteiger partial charge in [0, 0.05) is 35.1 Å². The van der Waals surface area contributed by atoms with Gasteiger partial charge in [-0.25, -0.2) is 9.78 Å². The largest absolute Gasteiger partial charge is 0.422 e. The number of hydrogen-bond donors (Lipinski definition) is 0. The maximum absolute atomic E-state index is 13.5. The first kappa shape index (κ1) is 22.3. The summed E-state index contributed by atoms with van der Waals surface area (Å²) in [6.07, 6.45) is 15.5. The molecule has 4 aromatic rings. The molecule has 0 radical (unpaired) electrons. The van der Waals surface area contributed by atoms with Gasteiger partial charge in [0.2, 0.25) is 0 Å². The second-order valence-corrected chi connectivity index (χ2v) is 13.4. The summed E-state index contributed by atoms with van der Waals surface area (Å²) in [5, 5.41) is 1.86. The Kier molecular flexibility index (Phi) is 4.93. The summed E-state index contributed by atoms with van der Waals surface area (Å²) < 4.78 is 7.47. The third-order valence-electron chi connectivity index (χ3n) is 10.1. The number of rotatable bonds is 1. The Hall–Kier alpha value is -2.66. The molecule has 5 heteroatoms. The van der Waals surface area contributed by atoms with Crippen molar-refractivity contribution in [2.75, 3.05) is 18.0 Å². The Bertz CT molecular complexity index is 1550. The van der Waals surface area contributed by atoms with Gasteiger partial charge in [-0.05, 0) is 73.8 Å². The van der Waals surface area contributed by atoms with Gasteiger partial charge in [0.1, 0.15) is 10.6 Å². The number of aromatic nitrogens is 1. The summed E-state index contributed by atoms with van der Waals surface area (Å²) in [7, 11) is 0. The lowest BCUT2D eigenvalue weighted by molar-refractivity contribution is 0.176. The average molecular weight is 511 g/mol. The first-order chi connectivity index (χ1) is 18.1. The van der Waals surface area contributed by atoms with Gasteiger partial charge in [-0.2, -0.15) is 0 Å². The Morgan fingerprint density at radius 3 is 2.51 bits per heavy atom. The fourth-order valence-electron chi connectivity index (χ4n) is 8.41. The molecule has 0 atom stereocenters. The molecule has 2 spiro atoms. The fourth-order valence-corrected chi connectivity index (χ4v) is 9.38. The lowest BCUT2D eigenvalue weighted by Gasteiger charge is -2.53. The number of benzene rings is 2. The average Bonchev–Trinajstić information content (AvgIpc) is 3.35. The molecule has 8 rings (SSSR count). The molecule has 190 valence electrons. The van der Waals surface area contributed by atoms with E-state index in [2.05, 4.69) is 23.1 Å². The third kappa shape index (κ3) is 3.39. The summed E-state index contributed by atoms with van der Waals surface area (Å²) in [4.78, 5) is 21.1. The van der Waals surface area contributed by atoms with Crippen LogP contribution >= 0.6 is 11.3 Å². The Labute approximate surface area is 221 Å². The fraction of sp³-hybridized carbons (Fsp3) is 0.500. The lowest BCUT2D eigenvalue weighted by atomic mass is 9.61. The van der Waals surface area contributed by atoms with Crippen LogP contribution in [0.5, 0.6) is 0 Å². The van der Waals surface area contributed by atoms with Crippen LogP contribution in [0.25, 0.3) is 31.8 Å². The first-order valence-electron chi connectivity index (χ1n) is 14.4. The molecule has 0 amide bonds. The molecular formula is C32H34N2O2S. The molecule has 2 fully saturated rings. The highest BCUT2D eigenvalue weighted by molar-refractivity contribution is 7.21. The van der Waals surface area contributed by atoms with Gasteiger partial charge < -0.3 is 9.32 Å². The molecule has 2 saturated carbocycles. The van der Waals surface area contributed by atoms with Crippen molar-refractivity contribution in [3.8, 4) is 10.6 Å². The highest BCUT2D eigenvalue weighted by Gasteiger charge is 2.48. The van der Waals surface area contributed by atoms with E-state index in [1.54, 1.807) is 11.3 Å². The Balaban J connectivity index is 1.37. The number of hydrogen-bond acceptors (Lipinski definition) is 5. The summed E-state index contributed by atoms with van der Waals surface area (Å²) in [5.41, 5.74) is 7.06. The van der Waals surface area contributed by atoms with Gasteiger partial charge in [-0.3, -0.25) is 0 Å². The quantitative estimate of drug-likeness (QED) is 0.244. The van der Waals surface area contributed by atoms with Crippen molar-refractivity contribution in [3.05, 3.63) is 57.9 Å². The van der Waals surface area contributed by atoms with E-state index in [4.69, 9.17) is 9.40 Å². The topological polar surface area (TPSA) is 46.3 Å². The van der Waals surface area contributed by atoms with Gasteiger partial charge in [-0.15, -0.1) is 11.3 Å². The number of anilines is 1. The van der Waals surface area contributed by atoms with Crippen LogP contribution in [0.3, 0.4) is 0 Å². The van der Waals surface area contributed by atoms with E-state index in [0.29, 0.717) is 11.0 Å². The molecule has 4 nitrogen and oxygen atoms in total. The molecular weight excluding hydrogens is 476 g/mol. The summed E-state index contributed by atoms with van der Waals surface area (Å²) in [6.45, 7) is 2.34. The number of fused-ring (bicyclic) bond motifs is 4. The van der Waals surface area contributed by atoms with Gasteiger partial charge in [-0.1, -0.05) is 50.7 Å². The van der Waals surface area contributed by atoms with Crippen molar-refractivity contribution in [1.82, 2.24) is 4.98 Å². The van der Waals surface area contributed by atoms with Crippen LogP contribution in [0.4, 0.5) is 5.69 Å². The van der Waals surface area contributed by atoms with E-state index in [1.165, 1.54) is 100 Å². The van der Waals surface area contributed by atoms with Crippen molar-refractivity contribution < 1.29 is 4.42 Å². The number of para-hydroxylation sites is 1. The molecule has 0 bridgehead atoms. The molecule has 4 heterocycles. The summed E-state index contributed by atoms with van der Waals surface area (Å²) in [5.74, 6) is 0. The maximum atomic E-state index is 13.5. The summed E-state index contributed by atoms with van der Waals surface area (Å²) in [6, 6.07) is 12.6. The van der Waals surface area contributed by atoms with E-state index in [9.17, 15) is 4.79 Å². The highest BCUT2D eigenvalue weighted by atomic mass is 32.1. The summed E-state index contributed by atoms with van der Waals surface area (Å²) >= 11 is 1.58. The van der Waals surface area contributed by atoms with Crippen molar-refractivity contribution in [2.24, 2.45) is 5.41 Å². The van der Waals surface area contributed by atoms with Crippen LogP contribution in [0.1, 0.15) is 81.8 Å². The van der Waals surface area contributed by atoms with Gasteiger partial charge in [0.05, 0.1) is 15.8 Å². The smallest absolute Gasteiger partial charge is 0.346 e. The zero-order chi connectivity index (χ0) is 24.6. The molecule has 0 saturated heterocycles. The second-order valence-electron chi connectivity index (χ2n) is 12.4. The van der Waals surface area contributed by atoms with Crippen molar-refractivity contribution >= 4 is 38.2 Å². The minimum Gasteiger partial charge on any atom is -0.422 e. The van der Waals surface area contributed by atoms with E-state index < -0.39 is 0 Å². The predicted octanol–water partition coefficient (Wildman–Crippen LogP) is 7.99. The Morgan fingerprint density at radius 2 is 1.70 bits per heavy atom. The van der Waals surface area contributed by atoms with Crippen LogP contribution < -0.4 is 10.5 Å². The molecule has 0 N–H and O–H groups in total. The monoisotopic (exact) mass is 510 g/mol. The predicted molar refractivity (Wildman–Crippen MR) is 152 cm³/mol. The van der Waals surface area contributed by atoms with Crippen molar-refractivity contribution in [3.63, 3.8) is 0 Å². The normalized spacial score (nSPS) is 22.1. The standard InChI is InChI=1S/C32H34N2O2S/c35-30-23(29-33-24-9-3-4-10-25(24)37-29)18-21-17-22-19-31(11-5-1-6-12-31)20-34-16-15-32(13-7-2-8-14-32)26(27(22)34)28(21)36-30/h3-4,9-10,17-18H,1-2,5-8,11-16,19-20H2. The molecule has 2 aliphatic carbocycles. The molecule has 37 heavy (non-hydrogen) atoms. The maximum Gasteiger partial charge on any atom is 0.346 e. The molecule has 2 aliphatic heterocycles. The van der Waals surface area contributed by atoms with Crippen LogP contribution in [0, 0.1) is 5.41 Å². The zero-order valence-corrected chi connectivity index (χ0v) is 22.3. The van der Waals surface area contributed by atoms with E-state index in [0.717, 1.165) is 32.7 Å². The molecule has 2 aromatic carbocycles. The molecule has 2 aromatic heterocycles. The first-order valence-corrected chi connectivity index (χ1v) is 15.2. The molecule has 4 aliphatic rings. The van der Waals surface area contributed by atoms with Crippen molar-refractivity contribution in [1.29, 1.82) is 0 Å². The third-order valence-corrected chi connectivity index (χ3v) is 11.2. The van der Waals surface area contributed by atoms with Crippen LogP contribution in [-0.4, -0.2) is 18.1 Å². The lowest BCUT2D eigenvalue weighted by Crippen LogP contribution is -2.50. The van der Waals surface area contributed by atoms with Gasteiger partial charge in [0.25, 0.3) is 0 Å². The number of thiazole rings is 1. The van der Waals surface area contributed by atoms with Crippen LogP contribution in [-0.2, 0) is 11.8 Å². The second kappa shape index (κ2) is 8.17. The van der Waals surface area contributed by atoms with Gasteiger partial charge >= 0.3 is 5.63 Å². The SMILES string of the molecule is O=c1oc2c3c4c(cc2cc1-c1nc2ccccc2s1)CC1(CCCCC1)CN4CCC31CCCCC1. The van der Waals surface area contributed by atoms with Gasteiger partial charge in [0.15, 0.2) is 0 Å². The minimum absolute atomic E-state index is 0.155. The highest BCUT2D eigenvalue weighted by Crippen LogP contribution is 2.56.